The number of nitrogens with one attached hydrogen (secondary N) is 1. The van der Waals surface area contributed by atoms with Gasteiger partial charge in [-0.1, -0.05) is 12.2 Å². The van der Waals surface area contributed by atoms with Crippen molar-refractivity contribution in [2.75, 3.05) is 19.6 Å². The van der Waals surface area contributed by atoms with Crippen molar-refractivity contribution in [2.45, 2.75) is 19.2 Å². The summed E-state index contributed by atoms with van der Waals surface area (Å²) in [6.07, 6.45) is -0.873. The van der Waals surface area contributed by atoms with E-state index in [0.717, 1.165) is 12.1 Å². The summed E-state index contributed by atoms with van der Waals surface area (Å²) < 4.78 is 42.8. The fourth-order valence-corrected chi connectivity index (χ4v) is 1.97. The summed E-state index contributed by atoms with van der Waals surface area (Å²) >= 11 is 0. The largest absolute Gasteiger partial charge is 0.487 e. The number of ether oxygens (including phenoxy) is 1. The van der Waals surface area contributed by atoms with Gasteiger partial charge in [-0.25, -0.2) is 4.79 Å². The van der Waals surface area contributed by atoms with Crippen LogP contribution >= 0.6 is 0 Å². The van der Waals surface area contributed by atoms with Crippen LogP contribution < -0.4 is 10.1 Å². The number of benzene rings is 1. The first-order valence-corrected chi connectivity index (χ1v) is 6.88. The lowest BCUT2D eigenvalue weighted by Crippen LogP contribution is -2.58. The van der Waals surface area contributed by atoms with E-state index in [-0.39, 0.29) is 12.1 Å². The summed E-state index contributed by atoms with van der Waals surface area (Å²) in [6, 6.07) is 4.37. The van der Waals surface area contributed by atoms with Gasteiger partial charge in [-0.3, -0.25) is 0 Å². The van der Waals surface area contributed by atoms with Crippen LogP contribution in [-0.4, -0.2) is 36.7 Å². The highest BCUT2D eigenvalue weighted by molar-refractivity contribution is 5.75. The molecular formula is C15H17F3N2O2. The predicted octanol–water partition coefficient (Wildman–Crippen LogP) is 3.05. The third-order valence-corrected chi connectivity index (χ3v) is 3.23. The molecule has 0 saturated carbocycles. The first-order chi connectivity index (χ1) is 10.4. The average molecular weight is 314 g/mol. The number of likely N-dealkylation sites (tertiary alicyclic amines) is 1. The minimum atomic E-state index is -4.35. The van der Waals surface area contributed by atoms with Crippen LogP contribution in [0.15, 0.2) is 36.4 Å². The van der Waals surface area contributed by atoms with Gasteiger partial charge in [0.15, 0.2) is 0 Å². The predicted molar refractivity (Wildman–Crippen MR) is 75.6 cm³/mol. The van der Waals surface area contributed by atoms with Gasteiger partial charge in [0.05, 0.1) is 18.7 Å². The van der Waals surface area contributed by atoms with E-state index in [0.29, 0.717) is 25.4 Å². The second-order valence-corrected chi connectivity index (χ2v) is 4.92. The molecule has 22 heavy (non-hydrogen) atoms. The molecular weight excluding hydrogens is 297 g/mol. The van der Waals surface area contributed by atoms with Crippen LogP contribution in [0, 0.1) is 0 Å². The van der Waals surface area contributed by atoms with Crippen molar-refractivity contribution >= 4 is 6.03 Å². The Hall–Kier alpha value is -2.18. The van der Waals surface area contributed by atoms with E-state index in [9.17, 15) is 18.0 Å². The van der Waals surface area contributed by atoms with Gasteiger partial charge in [0, 0.05) is 6.54 Å². The van der Waals surface area contributed by atoms with Gasteiger partial charge in [-0.05, 0) is 31.2 Å². The standard InChI is InChI=1S/C15H17F3N2O2/c1-2-3-8-19-14(21)20-9-13(10-20)22-12-6-4-11(5-7-12)15(16,17)18/h2-7,13H,8-10H2,1H3,(H,19,21). The third kappa shape index (κ3) is 4.16. The van der Waals surface area contributed by atoms with Crippen molar-refractivity contribution in [3.63, 3.8) is 0 Å². The van der Waals surface area contributed by atoms with E-state index >= 15 is 0 Å². The molecule has 1 aliphatic heterocycles. The van der Waals surface area contributed by atoms with Gasteiger partial charge < -0.3 is 15.0 Å². The van der Waals surface area contributed by atoms with Crippen molar-refractivity contribution in [1.82, 2.24) is 10.2 Å². The first-order valence-electron chi connectivity index (χ1n) is 6.88. The molecule has 0 aliphatic carbocycles. The summed E-state index contributed by atoms with van der Waals surface area (Å²) in [4.78, 5) is 13.2. The van der Waals surface area contributed by atoms with Crippen LogP contribution in [0.25, 0.3) is 0 Å². The molecule has 2 rings (SSSR count). The SMILES string of the molecule is CC=CCNC(=O)N1CC(Oc2ccc(C(F)(F)F)cc2)C1. The number of allylic oxidation sites excluding steroid dienone is 1. The highest BCUT2D eigenvalue weighted by atomic mass is 19.4. The lowest BCUT2D eigenvalue weighted by Gasteiger charge is -2.38. The number of amides is 2. The Kier molecular flexibility index (Phi) is 4.95. The maximum absolute atomic E-state index is 12.4. The number of carbonyl (C=O) groups excluding carboxylic acids is 1. The molecule has 4 nitrogen and oxygen atoms in total. The van der Waals surface area contributed by atoms with Gasteiger partial charge in [0.2, 0.25) is 0 Å². The molecule has 1 saturated heterocycles. The highest BCUT2D eigenvalue weighted by Gasteiger charge is 2.33. The third-order valence-electron chi connectivity index (χ3n) is 3.23. The monoisotopic (exact) mass is 314 g/mol. The van der Waals surface area contributed by atoms with E-state index in [1.807, 2.05) is 19.1 Å². The number of halogens is 3. The molecule has 0 unspecified atom stereocenters. The summed E-state index contributed by atoms with van der Waals surface area (Å²) in [6.45, 7) is 3.17. The van der Waals surface area contributed by atoms with E-state index in [1.165, 1.54) is 12.1 Å². The van der Waals surface area contributed by atoms with Crippen molar-refractivity contribution in [2.24, 2.45) is 0 Å². The molecule has 1 aromatic carbocycles. The van der Waals surface area contributed by atoms with Crippen molar-refractivity contribution in [1.29, 1.82) is 0 Å². The molecule has 1 aromatic rings. The van der Waals surface area contributed by atoms with Crippen molar-refractivity contribution in [3.05, 3.63) is 42.0 Å². The molecule has 0 spiro atoms. The molecule has 1 aliphatic rings. The normalized spacial score (nSPS) is 15.7. The van der Waals surface area contributed by atoms with Gasteiger partial charge >= 0.3 is 12.2 Å². The zero-order valence-corrected chi connectivity index (χ0v) is 12.1. The average Bonchev–Trinajstić information content (AvgIpc) is 2.42. The van der Waals surface area contributed by atoms with E-state index in [4.69, 9.17) is 4.74 Å². The Bertz CT molecular complexity index is 535. The van der Waals surface area contributed by atoms with Crippen LogP contribution in [-0.2, 0) is 6.18 Å². The molecule has 1 fully saturated rings. The molecule has 0 bridgehead atoms. The topological polar surface area (TPSA) is 41.6 Å². The molecule has 1 N–H and O–H groups in total. The maximum Gasteiger partial charge on any atom is 0.416 e. The molecule has 2 amide bonds. The van der Waals surface area contributed by atoms with Gasteiger partial charge in [0.1, 0.15) is 11.9 Å². The molecule has 1 heterocycles. The fraction of sp³-hybridized carbons (Fsp3) is 0.400. The quantitative estimate of drug-likeness (QED) is 0.868. The summed E-state index contributed by atoms with van der Waals surface area (Å²) in [5.41, 5.74) is -0.710. The van der Waals surface area contributed by atoms with Crippen LogP contribution in [0.4, 0.5) is 18.0 Å². The van der Waals surface area contributed by atoms with E-state index in [1.54, 1.807) is 4.90 Å². The Morgan fingerprint density at radius 3 is 2.55 bits per heavy atom. The highest BCUT2D eigenvalue weighted by Crippen LogP contribution is 2.30. The number of alkyl halides is 3. The van der Waals surface area contributed by atoms with E-state index < -0.39 is 11.7 Å². The fourth-order valence-electron chi connectivity index (χ4n) is 1.97. The Morgan fingerprint density at radius 1 is 1.36 bits per heavy atom. The number of carbonyl (C=O) groups is 1. The minimum absolute atomic E-state index is 0.176. The smallest absolute Gasteiger partial charge is 0.416 e. The number of hydrogen-bond donors (Lipinski definition) is 1. The summed E-state index contributed by atoms with van der Waals surface area (Å²) in [5, 5.41) is 2.71. The zero-order valence-electron chi connectivity index (χ0n) is 12.1. The van der Waals surface area contributed by atoms with Crippen LogP contribution in [0.5, 0.6) is 5.75 Å². The Morgan fingerprint density at radius 2 is 2.00 bits per heavy atom. The molecule has 120 valence electrons. The summed E-state index contributed by atoms with van der Waals surface area (Å²) in [7, 11) is 0. The van der Waals surface area contributed by atoms with Crippen molar-refractivity contribution < 1.29 is 22.7 Å². The van der Waals surface area contributed by atoms with Gasteiger partial charge in [0.25, 0.3) is 0 Å². The Balaban J connectivity index is 1.77. The van der Waals surface area contributed by atoms with Gasteiger partial charge in [-0.2, -0.15) is 13.2 Å². The Labute approximate surface area is 126 Å². The second-order valence-electron chi connectivity index (χ2n) is 4.92. The minimum Gasteiger partial charge on any atom is -0.487 e. The van der Waals surface area contributed by atoms with Crippen LogP contribution in [0.1, 0.15) is 12.5 Å². The number of urea groups is 1. The molecule has 7 heteroatoms. The lowest BCUT2D eigenvalue weighted by molar-refractivity contribution is -0.137. The van der Waals surface area contributed by atoms with Crippen molar-refractivity contribution in [3.8, 4) is 5.75 Å². The van der Waals surface area contributed by atoms with Crippen LogP contribution in [0.3, 0.4) is 0 Å². The maximum atomic E-state index is 12.4. The van der Waals surface area contributed by atoms with Gasteiger partial charge in [-0.15, -0.1) is 0 Å². The number of nitrogens with zero attached hydrogens (tertiary/aromatic N) is 1. The second kappa shape index (κ2) is 6.72. The lowest BCUT2D eigenvalue weighted by atomic mass is 10.1. The molecule has 0 radical (unpaired) electrons. The molecule has 0 aromatic heterocycles. The van der Waals surface area contributed by atoms with Crippen LogP contribution in [0.2, 0.25) is 0 Å². The molecule has 0 atom stereocenters. The number of hydrogen-bond acceptors (Lipinski definition) is 2. The zero-order chi connectivity index (χ0) is 16.2. The van der Waals surface area contributed by atoms with E-state index in [2.05, 4.69) is 5.32 Å². The first kappa shape index (κ1) is 16.2. The summed E-state index contributed by atoms with van der Waals surface area (Å²) in [5.74, 6) is 0.368. The number of rotatable bonds is 4.